The number of anilines is 1. The van der Waals surface area contributed by atoms with Crippen molar-refractivity contribution < 1.29 is 14.4 Å². The maximum Gasteiger partial charge on any atom is 0.354 e. The molecule has 1 aliphatic heterocycles. The number of urea groups is 1. The Morgan fingerprint density at radius 2 is 1.70 bits per heavy atom. The van der Waals surface area contributed by atoms with E-state index in [9.17, 15) is 19.2 Å². The van der Waals surface area contributed by atoms with Gasteiger partial charge in [-0.25, -0.2) is 9.59 Å². The molecular formula is C23H28N6O4. The van der Waals surface area contributed by atoms with Gasteiger partial charge in [-0.05, 0) is 49.6 Å². The van der Waals surface area contributed by atoms with Crippen LogP contribution in [0.5, 0.6) is 0 Å². The number of fused-ring (bicyclic) bond motifs is 1. The first-order chi connectivity index (χ1) is 15.6. The molecule has 0 spiro atoms. The molecule has 2 aliphatic rings. The maximum absolute atomic E-state index is 12.6. The van der Waals surface area contributed by atoms with Gasteiger partial charge in [-0.3, -0.25) is 19.5 Å². The van der Waals surface area contributed by atoms with Crippen molar-refractivity contribution in [2.45, 2.75) is 38.6 Å². The number of piperazine rings is 1. The average Bonchev–Trinajstić information content (AvgIpc) is 2.78. The van der Waals surface area contributed by atoms with Gasteiger partial charge in [0.1, 0.15) is 11.6 Å². The quantitative estimate of drug-likeness (QED) is 0.705. The molecule has 1 aromatic carbocycles. The monoisotopic (exact) mass is 452 g/mol. The van der Waals surface area contributed by atoms with Crippen molar-refractivity contribution >= 4 is 23.5 Å². The van der Waals surface area contributed by atoms with Crippen molar-refractivity contribution in [2.75, 3.05) is 31.5 Å². The van der Waals surface area contributed by atoms with Crippen LogP contribution in [0.4, 0.5) is 10.6 Å². The molecule has 2 heterocycles. The second kappa shape index (κ2) is 8.78. The SMILES string of the molecule is CC(C)(N)C(=O)N1CCN(C(=O)Nc2ccn(-c3ccc4c(c3)CCC(=O)C4)c(=O)n2)CC1. The summed E-state index contributed by atoms with van der Waals surface area (Å²) in [5, 5.41) is 2.66. The molecule has 0 unspecified atom stereocenters. The van der Waals surface area contributed by atoms with Gasteiger partial charge in [0.15, 0.2) is 0 Å². The molecule has 0 bridgehead atoms. The number of amides is 3. The fourth-order valence-electron chi connectivity index (χ4n) is 4.12. The van der Waals surface area contributed by atoms with Crippen LogP contribution in [0.2, 0.25) is 0 Å². The average molecular weight is 453 g/mol. The van der Waals surface area contributed by atoms with E-state index in [1.54, 1.807) is 42.0 Å². The first-order valence-electron chi connectivity index (χ1n) is 11.0. The third-order valence-electron chi connectivity index (χ3n) is 5.97. The number of carbonyl (C=O) groups excluding carboxylic acids is 3. The molecule has 1 fully saturated rings. The van der Waals surface area contributed by atoms with Gasteiger partial charge in [-0.2, -0.15) is 4.98 Å². The predicted molar refractivity (Wildman–Crippen MR) is 122 cm³/mol. The Labute approximate surface area is 191 Å². The summed E-state index contributed by atoms with van der Waals surface area (Å²) in [6.45, 7) is 4.84. The van der Waals surface area contributed by atoms with Crippen molar-refractivity contribution in [3.8, 4) is 5.69 Å². The highest BCUT2D eigenvalue weighted by Gasteiger charge is 2.31. The fraction of sp³-hybridized carbons (Fsp3) is 0.435. The molecule has 3 N–H and O–H groups in total. The number of ketones is 1. The van der Waals surface area contributed by atoms with Crippen molar-refractivity contribution in [1.82, 2.24) is 19.4 Å². The van der Waals surface area contributed by atoms with Crippen LogP contribution in [0.15, 0.2) is 35.3 Å². The zero-order valence-electron chi connectivity index (χ0n) is 18.8. The summed E-state index contributed by atoms with van der Waals surface area (Å²) in [7, 11) is 0. The second-order valence-corrected chi connectivity index (χ2v) is 9.06. The first-order valence-corrected chi connectivity index (χ1v) is 11.0. The molecule has 0 saturated carbocycles. The lowest BCUT2D eigenvalue weighted by Gasteiger charge is -2.37. The van der Waals surface area contributed by atoms with Crippen molar-refractivity contribution in [3.05, 3.63) is 52.1 Å². The molecule has 174 valence electrons. The lowest BCUT2D eigenvalue weighted by molar-refractivity contribution is -0.137. The molecular weight excluding hydrogens is 424 g/mol. The lowest BCUT2D eigenvalue weighted by Crippen LogP contribution is -2.58. The molecule has 3 amide bonds. The highest BCUT2D eigenvalue weighted by molar-refractivity contribution is 5.89. The second-order valence-electron chi connectivity index (χ2n) is 9.06. The molecule has 10 heteroatoms. The number of carbonyl (C=O) groups is 3. The predicted octanol–water partition coefficient (Wildman–Crippen LogP) is 0.704. The summed E-state index contributed by atoms with van der Waals surface area (Å²) in [6.07, 6.45) is 3.18. The van der Waals surface area contributed by atoms with Gasteiger partial charge in [0.05, 0.1) is 11.2 Å². The molecule has 1 saturated heterocycles. The molecule has 0 radical (unpaired) electrons. The number of nitrogens with zero attached hydrogens (tertiary/aromatic N) is 4. The minimum absolute atomic E-state index is 0.151. The van der Waals surface area contributed by atoms with E-state index in [1.807, 2.05) is 12.1 Å². The van der Waals surface area contributed by atoms with Crippen LogP contribution in [0.3, 0.4) is 0 Å². The smallest absolute Gasteiger partial charge is 0.338 e. The van der Waals surface area contributed by atoms with E-state index in [-0.39, 0.29) is 23.5 Å². The summed E-state index contributed by atoms with van der Waals surface area (Å²) >= 11 is 0. The van der Waals surface area contributed by atoms with Crippen LogP contribution < -0.4 is 16.7 Å². The normalized spacial score (nSPS) is 16.4. The highest BCUT2D eigenvalue weighted by atomic mass is 16.2. The van der Waals surface area contributed by atoms with Crippen LogP contribution in [0.1, 0.15) is 31.4 Å². The molecule has 33 heavy (non-hydrogen) atoms. The number of aromatic nitrogens is 2. The van der Waals surface area contributed by atoms with Crippen LogP contribution in [-0.2, 0) is 22.4 Å². The first kappa shape index (κ1) is 22.7. The van der Waals surface area contributed by atoms with Gasteiger partial charge >= 0.3 is 11.7 Å². The van der Waals surface area contributed by atoms with E-state index >= 15 is 0 Å². The van der Waals surface area contributed by atoms with Crippen LogP contribution in [-0.4, -0.2) is 68.8 Å². The van der Waals surface area contributed by atoms with Gasteiger partial charge in [-0.1, -0.05) is 6.07 Å². The zero-order valence-corrected chi connectivity index (χ0v) is 18.8. The molecule has 1 aromatic heterocycles. The lowest BCUT2D eigenvalue weighted by atomic mass is 9.90. The van der Waals surface area contributed by atoms with Crippen LogP contribution in [0.25, 0.3) is 5.69 Å². The topological polar surface area (TPSA) is 131 Å². The van der Waals surface area contributed by atoms with Crippen LogP contribution >= 0.6 is 0 Å². The molecule has 2 aromatic rings. The Hall–Kier alpha value is -3.53. The van der Waals surface area contributed by atoms with E-state index in [0.29, 0.717) is 51.1 Å². The molecule has 10 nitrogen and oxygen atoms in total. The Kier molecular flexibility index (Phi) is 6.03. The minimum Gasteiger partial charge on any atom is -0.338 e. The minimum atomic E-state index is -0.951. The molecule has 0 atom stereocenters. The van der Waals surface area contributed by atoms with Gasteiger partial charge in [0, 0.05) is 45.2 Å². The Morgan fingerprint density at radius 1 is 1.00 bits per heavy atom. The number of rotatable bonds is 3. The largest absolute Gasteiger partial charge is 0.354 e. The molecule has 1 aliphatic carbocycles. The summed E-state index contributed by atoms with van der Waals surface area (Å²) in [5.41, 5.74) is 7.14. The third kappa shape index (κ3) is 4.95. The summed E-state index contributed by atoms with van der Waals surface area (Å²) in [5.74, 6) is 0.235. The van der Waals surface area contributed by atoms with Crippen LogP contribution in [0, 0.1) is 0 Å². The Bertz CT molecular complexity index is 1160. The number of nitrogens with one attached hydrogen (secondary N) is 1. The highest BCUT2D eigenvalue weighted by Crippen LogP contribution is 2.22. The number of nitrogens with two attached hydrogens (primary N) is 1. The summed E-state index contributed by atoms with van der Waals surface area (Å²) < 4.78 is 1.41. The van der Waals surface area contributed by atoms with Crippen molar-refractivity contribution in [3.63, 3.8) is 0 Å². The Morgan fingerprint density at radius 3 is 2.36 bits per heavy atom. The summed E-state index contributed by atoms with van der Waals surface area (Å²) in [4.78, 5) is 56.4. The summed E-state index contributed by atoms with van der Waals surface area (Å²) in [6, 6.07) is 6.77. The van der Waals surface area contributed by atoms with Crippen molar-refractivity contribution in [1.29, 1.82) is 0 Å². The van der Waals surface area contributed by atoms with Gasteiger partial charge < -0.3 is 15.5 Å². The van der Waals surface area contributed by atoms with E-state index < -0.39 is 11.2 Å². The number of hydrogen-bond donors (Lipinski definition) is 2. The third-order valence-corrected chi connectivity index (χ3v) is 5.97. The number of hydrogen-bond acceptors (Lipinski definition) is 6. The van der Waals surface area contributed by atoms with E-state index in [2.05, 4.69) is 10.3 Å². The number of aryl methyl sites for hydroxylation is 1. The van der Waals surface area contributed by atoms with E-state index in [0.717, 1.165) is 11.1 Å². The number of Topliss-reactive ketones (excluding diaryl/α,β-unsaturated/α-hetero) is 1. The van der Waals surface area contributed by atoms with E-state index in [4.69, 9.17) is 5.73 Å². The number of benzene rings is 1. The van der Waals surface area contributed by atoms with Gasteiger partial charge in [0.2, 0.25) is 5.91 Å². The van der Waals surface area contributed by atoms with E-state index in [1.165, 1.54) is 4.57 Å². The standard InChI is InChI=1S/C23H28N6O4/c1-23(2,24)20(31)27-9-11-28(12-10-27)21(32)25-19-7-8-29(22(33)26-19)17-5-3-16-14-18(30)6-4-15(16)13-17/h3,5,7-8,13H,4,6,9-12,14,24H2,1-2H3,(H,25,26,32,33). The Balaban J connectivity index is 1.40. The van der Waals surface area contributed by atoms with Crippen molar-refractivity contribution in [2.24, 2.45) is 5.73 Å². The zero-order chi connectivity index (χ0) is 23.8. The fourth-order valence-corrected chi connectivity index (χ4v) is 4.12. The van der Waals surface area contributed by atoms with Gasteiger partial charge in [-0.15, -0.1) is 0 Å². The molecule has 4 rings (SSSR count). The maximum atomic E-state index is 12.6. The van der Waals surface area contributed by atoms with Gasteiger partial charge in [0.25, 0.3) is 0 Å².